The molecule has 2 N–H and O–H groups in total. The molecule has 0 fully saturated rings. The second kappa shape index (κ2) is 5.69. The number of halogens is 1. The minimum atomic E-state index is -1.03. The largest absolute Gasteiger partial charge is 0.492 e. The predicted octanol–water partition coefficient (Wildman–Crippen LogP) is 1.94. The zero-order valence-corrected chi connectivity index (χ0v) is 9.52. The van der Waals surface area contributed by atoms with Crippen LogP contribution in [0.4, 0.5) is 4.79 Å². The van der Waals surface area contributed by atoms with E-state index in [1.165, 1.54) is 0 Å². The number of rotatable bonds is 4. The van der Waals surface area contributed by atoms with Gasteiger partial charge in [-0.2, -0.15) is 0 Å². The van der Waals surface area contributed by atoms with Crippen molar-refractivity contribution in [3.63, 3.8) is 0 Å². The number of nitrogens with one attached hydrogen (secondary N) is 1. The van der Waals surface area contributed by atoms with Gasteiger partial charge in [-0.25, -0.2) is 4.79 Å². The highest BCUT2D eigenvalue weighted by atomic mass is 127. The van der Waals surface area contributed by atoms with Gasteiger partial charge in [0, 0.05) is 3.57 Å². The lowest BCUT2D eigenvalue weighted by atomic mass is 10.3. The molecule has 0 aliphatic heterocycles. The molecule has 1 aromatic carbocycles. The summed E-state index contributed by atoms with van der Waals surface area (Å²) < 4.78 is 6.42. The maximum Gasteiger partial charge on any atom is 0.404 e. The number of hydrogen-bond donors (Lipinski definition) is 2. The fraction of sp³-hybridized carbons (Fsp3) is 0.222. The number of benzene rings is 1. The first-order valence-electron chi connectivity index (χ1n) is 4.03. The van der Waals surface area contributed by atoms with Crippen molar-refractivity contribution < 1.29 is 14.6 Å². The average molecular weight is 307 g/mol. The molecule has 0 unspecified atom stereocenters. The van der Waals surface area contributed by atoms with Gasteiger partial charge in [0.05, 0.1) is 6.54 Å². The van der Waals surface area contributed by atoms with Crippen molar-refractivity contribution in [3.05, 3.63) is 27.8 Å². The van der Waals surface area contributed by atoms with Gasteiger partial charge in [0.1, 0.15) is 12.4 Å². The van der Waals surface area contributed by atoms with Crippen LogP contribution >= 0.6 is 22.6 Å². The fourth-order valence-electron chi connectivity index (χ4n) is 0.858. The van der Waals surface area contributed by atoms with Gasteiger partial charge in [-0.3, -0.25) is 0 Å². The first-order chi connectivity index (χ1) is 6.68. The van der Waals surface area contributed by atoms with Crippen molar-refractivity contribution in [2.75, 3.05) is 13.2 Å². The van der Waals surface area contributed by atoms with Gasteiger partial charge in [0.15, 0.2) is 0 Å². The van der Waals surface area contributed by atoms with Crippen molar-refractivity contribution in [2.45, 2.75) is 0 Å². The highest BCUT2D eigenvalue weighted by molar-refractivity contribution is 14.1. The highest BCUT2D eigenvalue weighted by Crippen LogP contribution is 2.12. The molecule has 0 aromatic heterocycles. The molecule has 0 aliphatic carbocycles. The summed E-state index contributed by atoms with van der Waals surface area (Å²) in [7, 11) is 0. The molecule has 0 spiro atoms. The second-order valence-corrected chi connectivity index (χ2v) is 3.78. The van der Waals surface area contributed by atoms with Crippen LogP contribution in [0.25, 0.3) is 0 Å². The lowest BCUT2D eigenvalue weighted by Gasteiger charge is -2.05. The fourth-order valence-corrected chi connectivity index (χ4v) is 1.22. The molecule has 0 aliphatic rings. The molecule has 0 saturated heterocycles. The molecule has 0 radical (unpaired) electrons. The molecule has 14 heavy (non-hydrogen) atoms. The smallest absolute Gasteiger partial charge is 0.404 e. The summed E-state index contributed by atoms with van der Waals surface area (Å²) in [6, 6.07) is 7.56. The van der Waals surface area contributed by atoms with Gasteiger partial charge in [0.2, 0.25) is 0 Å². The molecule has 0 atom stereocenters. The van der Waals surface area contributed by atoms with Crippen LogP contribution in [0.15, 0.2) is 24.3 Å². The summed E-state index contributed by atoms with van der Waals surface area (Å²) in [5, 5.41) is 10.5. The SMILES string of the molecule is O=C(O)NCCOc1ccc(I)cc1. The standard InChI is InChI=1S/C9H10INO3/c10-7-1-3-8(4-2-7)14-6-5-11-9(12)13/h1-4,11H,5-6H2,(H,12,13). The summed E-state index contributed by atoms with van der Waals surface area (Å²) in [6.07, 6.45) is -1.03. The Hall–Kier alpha value is -0.980. The van der Waals surface area contributed by atoms with E-state index in [0.717, 1.165) is 9.32 Å². The lowest BCUT2D eigenvalue weighted by Crippen LogP contribution is -2.26. The number of carboxylic acid groups (broad SMARTS) is 1. The second-order valence-electron chi connectivity index (χ2n) is 2.53. The minimum Gasteiger partial charge on any atom is -0.492 e. The first-order valence-corrected chi connectivity index (χ1v) is 5.11. The van der Waals surface area contributed by atoms with Gasteiger partial charge in [-0.1, -0.05) is 0 Å². The third-order valence-electron chi connectivity index (χ3n) is 1.46. The van der Waals surface area contributed by atoms with Gasteiger partial charge >= 0.3 is 6.09 Å². The average Bonchev–Trinajstić information content (AvgIpc) is 2.15. The maximum atomic E-state index is 10.1. The van der Waals surface area contributed by atoms with Crippen molar-refractivity contribution in [2.24, 2.45) is 0 Å². The van der Waals surface area contributed by atoms with E-state index in [0.29, 0.717) is 13.2 Å². The Morgan fingerprint density at radius 3 is 2.64 bits per heavy atom. The van der Waals surface area contributed by atoms with Crippen molar-refractivity contribution in [3.8, 4) is 5.75 Å². The van der Waals surface area contributed by atoms with E-state index in [1.54, 1.807) is 0 Å². The highest BCUT2D eigenvalue weighted by Gasteiger charge is 1.95. The van der Waals surface area contributed by atoms with E-state index < -0.39 is 6.09 Å². The van der Waals surface area contributed by atoms with E-state index >= 15 is 0 Å². The van der Waals surface area contributed by atoms with E-state index in [-0.39, 0.29) is 0 Å². The first kappa shape index (κ1) is 11.1. The van der Waals surface area contributed by atoms with Crippen LogP contribution in [0.5, 0.6) is 5.75 Å². The molecular weight excluding hydrogens is 297 g/mol. The molecule has 0 saturated carbocycles. The Balaban J connectivity index is 2.25. The molecule has 1 amide bonds. The van der Waals surface area contributed by atoms with Crippen LogP contribution in [-0.4, -0.2) is 24.4 Å². The summed E-state index contributed by atoms with van der Waals surface area (Å²) in [5.74, 6) is 0.748. The topological polar surface area (TPSA) is 58.6 Å². The zero-order chi connectivity index (χ0) is 10.4. The molecule has 4 nitrogen and oxygen atoms in total. The normalized spacial score (nSPS) is 9.50. The van der Waals surface area contributed by atoms with Crippen LogP contribution in [0.1, 0.15) is 0 Å². The molecular formula is C9H10INO3. The molecule has 5 heteroatoms. The summed E-state index contributed by atoms with van der Waals surface area (Å²) >= 11 is 2.20. The Morgan fingerprint density at radius 2 is 2.07 bits per heavy atom. The number of ether oxygens (including phenoxy) is 1. The zero-order valence-electron chi connectivity index (χ0n) is 7.37. The number of amides is 1. The Labute approximate surface area is 95.4 Å². The van der Waals surface area contributed by atoms with Crippen LogP contribution in [0, 0.1) is 3.57 Å². The van der Waals surface area contributed by atoms with Crippen LogP contribution < -0.4 is 10.1 Å². The van der Waals surface area contributed by atoms with Crippen molar-refractivity contribution >= 4 is 28.7 Å². The van der Waals surface area contributed by atoms with E-state index in [2.05, 4.69) is 27.9 Å². The molecule has 1 aromatic rings. The molecule has 76 valence electrons. The van der Waals surface area contributed by atoms with E-state index in [9.17, 15) is 4.79 Å². The quantitative estimate of drug-likeness (QED) is 0.660. The van der Waals surface area contributed by atoms with Crippen LogP contribution in [-0.2, 0) is 0 Å². The lowest BCUT2D eigenvalue weighted by molar-refractivity contribution is 0.191. The number of carbonyl (C=O) groups is 1. The number of hydrogen-bond acceptors (Lipinski definition) is 2. The summed E-state index contributed by atoms with van der Waals surface area (Å²) in [6.45, 7) is 0.633. The molecule has 0 bridgehead atoms. The third-order valence-corrected chi connectivity index (χ3v) is 2.18. The summed E-state index contributed by atoms with van der Waals surface area (Å²) in [5.41, 5.74) is 0. The predicted molar refractivity (Wildman–Crippen MR) is 60.7 cm³/mol. The molecule has 1 rings (SSSR count). The molecule has 0 heterocycles. The van der Waals surface area contributed by atoms with Gasteiger partial charge < -0.3 is 15.2 Å². The minimum absolute atomic E-state index is 0.293. The van der Waals surface area contributed by atoms with Gasteiger partial charge in [-0.15, -0.1) is 0 Å². The Bertz CT molecular complexity index is 299. The van der Waals surface area contributed by atoms with Gasteiger partial charge in [-0.05, 0) is 46.9 Å². The third kappa shape index (κ3) is 4.31. The summed E-state index contributed by atoms with van der Waals surface area (Å²) in [4.78, 5) is 10.1. The van der Waals surface area contributed by atoms with Crippen molar-refractivity contribution in [1.29, 1.82) is 0 Å². The monoisotopic (exact) mass is 307 g/mol. The van der Waals surface area contributed by atoms with Gasteiger partial charge in [0.25, 0.3) is 0 Å². The van der Waals surface area contributed by atoms with Crippen LogP contribution in [0.2, 0.25) is 0 Å². The van der Waals surface area contributed by atoms with Crippen LogP contribution in [0.3, 0.4) is 0 Å². The van der Waals surface area contributed by atoms with E-state index in [4.69, 9.17) is 9.84 Å². The van der Waals surface area contributed by atoms with Crippen molar-refractivity contribution in [1.82, 2.24) is 5.32 Å². The Morgan fingerprint density at radius 1 is 1.43 bits per heavy atom. The maximum absolute atomic E-state index is 10.1. The Kier molecular flexibility index (Phi) is 4.51. The van der Waals surface area contributed by atoms with E-state index in [1.807, 2.05) is 24.3 Å².